The van der Waals surface area contributed by atoms with Crippen LogP contribution >= 0.6 is 0 Å². The summed E-state index contributed by atoms with van der Waals surface area (Å²) in [6.45, 7) is 2.14. The van der Waals surface area contributed by atoms with Gasteiger partial charge >= 0.3 is 0 Å². The molecule has 1 aromatic rings. The summed E-state index contributed by atoms with van der Waals surface area (Å²) in [7, 11) is 0. The molecule has 0 bridgehead atoms. The van der Waals surface area contributed by atoms with Crippen LogP contribution < -0.4 is 0 Å². The average molecular weight is 274 g/mol. The van der Waals surface area contributed by atoms with Crippen molar-refractivity contribution in [1.29, 1.82) is 5.26 Å². The second-order valence-corrected chi connectivity index (χ2v) is 5.62. The van der Waals surface area contributed by atoms with E-state index in [1.807, 2.05) is 6.07 Å². The van der Waals surface area contributed by atoms with Gasteiger partial charge in [0.25, 0.3) is 0 Å². The summed E-state index contributed by atoms with van der Waals surface area (Å²) in [5, 5.41) is 8.91. The molecule has 2 atom stereocenters. The predicted octanol–water partition coefficient (Wildman–Crippen LogP) is 2.84. The number of ether oxygens (including phenoxy) is 1. The van der Waals surface area contributed by atoms with Gasteiger partial charge in [-0.15, -0.1) is 0 Å². The van der Waals surface area contributed by atoms with E-state index in [-0.39, 0.29) is 11.4 Å². The van der Waals surface area contributed by atoms with Crippen molar-refractivity contribution in [1.82, 2.24) is 4.90 Å². The molecular formula is C16H19FN2O. The van der Waals surface area contributed by atoms with Gasteiger partial charge in [0.15, 0.2) is 0 Å². The van der Waals surface area contributed by atoms with Gasteiger partial charge in [-0.2, -0.15) is 5.26 Å². The van der Waals surface area contributed by atoms with Crippen LogP contribution in [-0.4, -0.2) is 30.2 Å². The molecule has 2 unspecified atom stereocenters. The Labute approximate surface area is 119 Å². The topological polar surface area (TPSA) is 36.3 Å². The van der Waals surface area contributed by atoms with Crippen LogP contribution in [0.3, 0.4) is 0 Å². The Balaban J connectivity index is 1.78. The fourth-order valence-electron chi connectivity index (χ4n) is 3.38. The molecule has 0 N–H and O–H groups in total. The number of halogens is 1. The average Bonchev–Trinajstić information content (AvgIpc) is 2.50. The lowest BCUT2D eigenvalue weighted by Gasteiger charge is -2.43. The van der Waals surface area contributed by atoms with Crippen molar-refractivity contribution >= 4 is 0 Å². The molecule has 4 heteroatoms. The minimum atomic E-state index is -0.367. The van der Waals surface area contributed by atoms with E-state index in [0.29, 0.717) is 24.3 Å². The molecule has 1 saturated heterocycles. The molecule has 1 saturated carbocycles. The van der Waals surface area contributed by atoms with Crippen molar-refractivity contribution in [3.8, 4) is 6.07 Å². The van der Waals surface area contributed by atoms with Crippen LogP contribution in [0, 0.1) is 17.1 Å². The monoisotopic (exact) mass is 274 g/mol. The van der Waals surface area contributed by atoms with Gasteiger partial charge in [-0.1, -0.05) is 25.0 Å². The highest BCUT2D eigenvalue weighted by atomic mass is 19.1. The SMILES string of the molecule is N#Cc1cccc(CN2CCOC3CCCCC32)c1F. The Hall–Kier alpha value is -1.44. The molecule has 3 rings (SSSR count). The number of hydrogen-bond acceptors (Lipinski definition) is 3. The van der Waals surface area contributed by atoms with Crippen LogP contribution in [0.5, 0.6) is 0 Å². The standard InChI is InChI=1S/C16H19FN2O/c17-16-12(10-18)4-3-5-13(16)11-19-8-9-20-15-7-2-1-6-14(15)19/h3-5,14-15H,1-2,6-9,11H2. The molecule has 20 heavy (non-hydrogen) atoms. The first-order valence-corrected chi connectivity index (χ1v) is 7.33. The van der Waals surface area contributed by atoms with Crippen LogP contribution in [0.1, 0.15) is 36.8 Å². The van der Waals surface area contributed by atoms with Crippen molar-refractivity contribution in [2.75, 3.05) is 13.2 Å². The van der Waals surface area contributed by atoms with Gasteiger partial charge < -0.3 is 4.74 Å². The van der Waals surface area contributed by atoms with E-state index < -0.39 is 0 Å². The Kier molecular flexibility index (Phi) is 4.00. The molecular weight excluding hydrogens is 255 g/mol. The van der Waals surface area contributed by atoms with Crippen LogP contribution in [-0.2, 0) is 11.3 Å². The Morgan fingerprint density at radius 3 is 3.05 bits per heavy atom. The fraction of sp³-hybridized carbons (Fsp3) is 0.562. The summed E-state index contributed by atoms with van der Waals surface area (Å²) in [5.41, 5.74) is 0.756. The molecule has 0 radical (unpaired) electrons. The summed E-state index contributed by atoms with van der Waals surface area (Å²) >= 11 is 0. The van der Waals surface area contributed by atoms with E-state index in [9.17, 15) is 4.39 Å². The van der Waals surface area contributed by atoms with Crippen LogP contribution in [0.2, 0.25) is 0 Å². The van der Waals surface area contributed by atoms with Gasteiger partial charge in [0.05, 0.1) is 18.3 Å². The Morgan fingerprint density at radius 1 is 1.35 bits per heavy atom. The maximum atomic E-state index is 14.2. The zero-order valence-electron chi connectivity index (χ0n) is 11.5. The molecule has 0 spiro atoms. The predicted molar refractivity (Wildman–Crippen MR) is 73.5 cm³/mol. The molecule has 106 valence electrons. The van der Waals surface area contributed by atoms with Gasteiger partial charge in [0.2, 0.25) is 0 Å². The molecule has 1 aromatic carbocycles. The number of hydrogen-bond donors (Lipinski definition) is 0. The number of benzene rings is 1. The lowest BCUT2D eigenvalue weighted by molar-refractivity contribution is -0.0913. The van der Waals surface area contributed by atoms with E-state index >= 15 is 0 Å². The van der Waals surface area contributed by atoms with Gasteiger partial charge in [0, 0.05) is 24.7 Å². The first-order valence-electron chi connectivity index (χ1n) is 7.33. The zero-order chi connectivity index (χ0) is 13.9. The summed E-state index contributed by atoms with van der Waals surface area (Å²) in [4.78, 5) is 2.33. The van der Waals surface area contributed by atoms with Crippen molar-refractivity contribution < 1.29 is 9.13 Å². The maximum absolute atomic E-state index is 14.2. The first kappa shape index (κ1) is 13.5. The lowest BCUT2D eigenvalue weighted by atomic mass is 9.90. The highest BCUT2D eigenvalue weighted by Crippen LogP contribution is 2.29. The number of nitrogens with zero attached hydrogens (tertiary/aromatic N) is 2. The quantitative estimate of drug-likeness (QED) is 0.832. The molecule has 0 amide bonds. The molecule has 0 aromatic heterocycles. The number of rotatable bonds is 2. The second-order valence-electron chi connectivity index (χ2n) is 5.62. The third-order valence-corrected chi connectivity index (χ3v) is 4.42. The van der Waals surface area contributed by atoms with E-state index in [2.05, 4.69) is 4.90 Å². The molecule has 2 aliphatic rings. The Morgan fingerprint density at radius 2 is 2.20 bits per heavy atom. The fourth-order valence-corrected chi connectivity index (χ4v) is 3.38. The van der Waals surface area contributed by atoms with Gasteiger partial charge in [-0.3, -0.25) is 4.90 Å². The first-order chi connectivity index (χ1) is 9.79. The van der Waals surface area contributed by atoms with E-state index in [1.54, 1.807) is 12.1 Å². The molecule has 1 heterocycles. The minimum Gasteiger partial charge on any atom is -0.375 e. The molecule has 3 nitrogen and oxygen atoms in total. The maximum Gasteiger partial charge on any atom is 0.145 e. The van der Waals surface area contributed by atoms with Gasteiger partial charge in [0.1, 0.15) is 11.9 Å². The Bertz CT molecular complexity index is 524. The third kappa shape index (κ3) is 2.56. The van der Waals surface area contributed by atoms with Gasteiger partial charge in [-0.25, -0.2) is 4.39 Å². The smallest absolute Gasteiger partial charge is 0.145 e. The summed E-state index contributed by atoms with van der Waals surface area (Å²) in [6, 6.07) is 7.39. The van der Waals surface area contributed by atoms with Crippen molar-refractivity contribution in [2.45, 2.75) is 44.4 Å². The molecule has 1 aliphatic carbocycles. The summed E-state index contributed by atoms with van der Waals surface area (Å²) < 4.78 is 20.0. The largest absolute Gasteiger partial charge is 0.375 e. The second kappa shape index (κ2) is 5.90. The minimum absolute atomic E-state index is 0.135. The van der Waals surface area contributed by atoms with Crippen molar-refractivity contribution in [2.24, 2.45) is 0 Å². The zero-order valence-corrected chi connectivity index (χ0v) is 11.5. The number of nitriles is 1. The van der Waals surface area contributed by atoms with E-state index in [1.165, 1.54) is 18.9 Å². The molecule has 1 aliphatic heterocycles. The van der Waals surface area contributed by atoms with Crippen LogP contribution in [0.25, 0.3) is 0 Å². The highest BCUT2D eigenvalue weighted by molar-refractivity contribution is 5.35. The van der Waals surface area contributed by atoms with Crippen molar-refractivity contribution in [3.63, 3.8) is 0 Å². The molecule has 2 fully saturated rings. The normalized spacial score (nSPS) is 26.8. The summed E-state index contributed by atoms with van der Waals surface area (Å²) in [6.07, 6.45) is 5.00. The summed E-state index contributed by atoms with van der Waals surface area (Å²) in [5.74, 6) is -0.367. The lowest BCUT2D eigenvalue weighted by Crippen LogP contribution is -2.52. The number of fused-ring (bicyclic) bond motifs is 1. The number of morpholine rings is 1. The van der Waals surface area contributed by atoms with Crippen LogP contribution in [0.4, 0.5) is 4.39 Å². The van der Waals surface area contributed by atoms with E-state index in [0.717, 1.165) is 26.0 Å². The van der Waals surface area contributed by atoms with Crippen molar-refractivity contribution in [3.05, 3.63) is 35.1 Å². The highest BCUT2D eigenvalue weighted by Gasteiger charge is 2.34. The van der Waals surface area contributed by atoms with E-state index in [4.69, 9.17) is 10.00 Å². The third-order valence-electron chi connectivity index (χ3n) is 4.42. The van der Waals surface area contributed by atoms with Gasteiger partial charge in [-0.05, 0) is 18.9 Å². The van der Waals surface area contributed by atoms with Crippen LogP contribution in [0.15, 0.2) is 18.2 Å².